The molecule has 4 nitrogen and oxygen atoms in total. The van der Waals surface area contributed by atoms with Crippen molar-refractivity contribution in [3.63, 3.8) is 0 Å². The van der Waals surface area contributed by atoms with Gasteiger partial charge in [0.15, 0.2) is 0 Å². The van der Waals surface area contributed by atoms with Crippen molar-refractivity contribution in [2.45, 2.75) is 26.4 Å². The Morgan fingerprint density at radius 3 is 2.62 bits per heavy atom. The number of ether oxygens (including phenoxy) is 1. The maximum absolute atomic E-state index is 12.8. The van der Waals surface area contributed by atoms with Gasteiger partial charge >= 0.3 is 0 Å². The van der Waals surface area contributed by atoms with Crippen LogP contribution in [-0.2, 0) is 27.8 Å². The van der Waals surface area contributed by atoms with Crippen LogP contribution in [0.2, 0.25) is 0 Å². The molecular weight excluding hydrogens is 322 g/mol. The zero-order valence-electron chi connectivity index (χ0n) is 13.7. The van der Waals surface area contributed by atoms with E-state index < -0.39 is 10.0 Å². The maximum atomic E-state index is 12.8. The predicted octanol–water partition coefficient (Wildman–Crippen LogP) is 3.95. The zero-order valence-corrected chi connectivity index (χ0v) is 14.5. The normalized spacial score (nSPS) is 14.0. The molecule has 0 unspecified atom stereocenters. The summed E-state index contributed by atoms with van der Waals surface area (Å²) in [6.45, 7) is 2.89. The highest BCUT2D eigenvalue weighted by Crippen LogP contribution is 2.29. The van der Waals surface area contributed by atoms with Crippen LogP contribution in [-0.4, -0.2) is 15.0 Å². The van der Waals surface area contributed by atoms with Crippen molar-refractivity contribution < 1.29 is 13.2 Å². The molecule has 126 valence electrons. The number of anilines is 1. The Kier molecular flexibility index (Phi) is 5.02. The average molecular weight is 343 g/mol. The van der Waals surface area contributed by atoms with E-state index in [1.54, 1.807) is 12.1 Å². The number of para-hydroxylation sites is 1. The van der Waals surface area contributed by atoms with Crippen LogP contribution in [0.5, 0.6) is 0 Å². The molecule has 0 saturated carbocycles. The highest BCUT2D eigenvalue weighted by molar-refractivity contribution is 7.96. The van der Waals surface area contributed by atoms with Gasteiger partial charge in [-0.25, -0.2) is 8.42 Å². The molecule has 0 atom stereocenters. The first-order valence-corrected chi connectivity index (χ1v) is 9.55. The second kappa shape index (κ2) is 7.20. The average Bonchev–Trinajstić information content (AvgIpc) is 2.60. The summed E-state index contributed by atoms with van der Waals surface area (Å²) >= 11 is 0. The molecule has 0 heterocycles. The van der Waals surface area contributed by atoms with Crippen molar-refractivity contribution >= 4 is 21.8 Å². The van der Waals surface area contributed by atoms with Crippen LogP contribution in [0.1, 0.15) is 30.0 Å². The molecule has 0 amide bonds. The Bertz CT molecular complexity index is 856. The van der Waals surface area contributed by atoms with Gasteiger partial charge in [0.05, 0.1) is 17.2 Å². The van der Waals surface area contributed by atoms with E-state index in [1.807, 2.05) is 49.4 Å². The number of sulfonamides is 1. The maximum Gasteiger partial charge on any atom is 0.258 e. The second-order valence-corrected chi connectivity index (χ2v) is 7.44. The van der Waals surface area contributed by atoms with Crippen LogP contribution in [0.3, 0.4) is 0 Å². The largest absolute Gasteiger partial charge is 0.377 e. The fourth-order valence-corrected chi connectivity index (χ4v) is 4.06. The van der Waals surface area contributed by atoms with Crippen LogP contribution in [0.15, 0.2) is 53.4 Å². The van der Waals surface area contributed by atoms with Gasteiger partial charge in [0.2, 0.25) is 0 Å². The molecule has 1 aliphatic carbocycles. The topological polar surface area (TPSA) is 55.4 Å². The van der Waals surface area contributed by atoms with Crippen molar-refractivity contribution in [1.29, 1.82) is 0 Å². The molecule has 1 N–H and O–H groups in total. The standard InChI is InChI=1S/C19H21NO3S/c1-2-23-14-17-9-5-6-10-19(17)20-24(21,22)18-12-11-15-7-3-4-8-16(15)13-18/h3-10,13,20H,2,11-12,14H2,1H3. The third-order valence-electron chi connectivity index (χ3n) is 4.08. The molecular formula is C19H21NO3S. The van der Waals surface area contributed by atoms with Crippen LogP contribution in [0.25, 0.3) is 6.08 Å². The summed E-state index contributed by atoms with van der Waals surface area (Å²) in [6.07, 6.45) is 3.02. The van der Waals surface area contributed by atoms with Gasteiger partial charge in [-0.15, -0.1) is 0 Å². The number of hydrogen-bond acceptors (Lipinski definition) is 3. The highest BCUT2D eigenvalue weighted by atomic mass is 32.2. The van der Waals surface area contributed by atoms with Crippen LogP contribution >= 0.6 is 0 Å². The first kappa shape index (κ1) is 16.7. The van der Waals surface area contributed by atoms with Crippen molar-refractivity contribution in [1.82, 2.24) is 0 Å². The Morgan fingerprint density at radius 1 is 1.04 bits per heavy atom. The number of nitrogens with one attached hydrogen (secondary N) is 1. The minimum absolute atomic E-state index is 0.386. The van der Waals surface area contributed by atoms with Crippen molar-refractivity contribution in [3.8, 4) is 0 Å². The lowest BCUT2D eigenvalue weighted by Crippen LogP contribution is -2.18. The number of benzene rings is 2. The fourth-order valence-electron chi connectivity index (χ4n) is 2.79. The van der Waals surface area contributed by atoms with Crippen LogP contribution in [0.4, 0.5) is 5.69 Å². The molecule has 0 radical (unpaired) electrons. The summed E-state index contributed by atoms with van der Waals surface area (Å²) in [4.78, 5) is 0.424. The Morgan fingerprint density at radius 2 is 1.79 bits per heavy atom. The summed E-state index contributed by atoms with van der Waals surface area (Å²) in [6, 6.07) is 15.2. The first-order chi connectivity index (χ1) is 11.6. The molecule has 3 rings (SSSR count). The van der Waals surface area contributed by atoms with Gasteiger partial charge in [0.1, 0.15) is 0 Å². The smallest absolute Gasteiger partial charge is 0.258 e. The van der Waals surface area contributed by atoms with Gasteiger partial charge < -0.3 is 4.74 Å². The van der Waals surface area contributed by atoms with Gasteiger partial charge in [-0.2, -0.15) is 0 Å². The van der Waals surface area contributed by atoms with Gasteiger partial charge in [-0.1, -0.05) is 42.5 Å². The van der Waals surface area contributed by atoms with Crippen molar-refractivity contribution in [2.75, 3.05) is 11.3 Å². The SMILES string of the molecule is CCOCc1ccccc1NS(=O)(=O)C1=Cc2ccccc2CC1. The van der Waals surface area contributed by atoms with E-state index in [0.717, 1.165) is 17.5 Å². The van der Waals surface area contributed by atoms with Crippen molar-refractivity contribution in [3.05, 3.63) is 70.1 Å². The summed E-state index contributed by atoms with van der Waals surface area (Å²) < 4.78 is 33.7. The molecule has 5 heteroatoms. The number of allylic oxidation sites excluding steroid dienone is 1. The number of fused-ring (bicyclic) bond motifs is 1. The third kappa shape index (κ3) is 3.68. The molecule has 1 aliphatic rings. The summed E-state index contributed by atoms with van der Waals surface area (Å²) in [5.74, 6) is 0. The molecule has 0 saturated heterocycles. The molecule has 0 spiro atoms. The van der Waals surface area contributed by atoms with Gasteiger partial charge in [-0.3, -0.25) is 4.72 Å². The molecule has 0 aromatic heterocycles. The third-order valence-corrected chi connectivity index (χ3v) is 5.58. The lowest BCUT2D eigenvalue weighted by molar-refractivity contribution is 0.134. The Balaban J connectivity index is 1.87. The van der Waals surface area contributed by atoms with E-state index in [0.29, 0.717) is 30.2 Å². The fraction of sp³-hybridized carbons (Fsp3) is 0.263. The van der Waals surface area contributed by atoms with E-state index in [1.165, 1.54) is 5.56 Å². The number of hydrogen-bond donors (Lipinski definition) is 1. The van der Waals surface area contributed by atoms with Gasteiger partial charge in [-0.05, 0) is 43.0 Å². The van der Waals surface area contributed by atoms with E-state index in [-0.39, 0.29) is 0 Å². The minimum atomic E-state index is -3.57. The lowest BCUT2D eigenvalue weighted by atomic mass is 9.98. The molecule has 24 heavy (non-hydrogen) atoms. The van der Waals surface area contributed by atoms with Crippen molar-refractivity contribution in [2.24, 2.45) is 0 Å². The van der Waals surface area contributed by atoms with E-state index >= 15 is 0 Å². The molecule has 2 aromatic rings. The van der Waals surface area contributed by atoms with Gasteiger partial charge in [0, 0.05) is 12.2 Å². The molecule has 0 fully saturated rings. The lowest BCUT2D eigenvalue weighted by Gasteiger charge is -2.18. The van der Waals surface area contributed by atoms with Crippen LogP contribution in [0, 0.1) is 0 Å². The van der Waals surface area contributed by atoms with E-state index in [4.69, 9.17) is 4.74 Å². The molecule has 0 bridgehead atoms. The number of aryl methyl sites for hydroxylation is 1. The van der Waals surface area contributed by atoms with E-state index in [9.17, 15) is 8.42 Å². The highest BCUT2D eigenvalue weighted by Gasteiger charge is 2.22. The summed E-state index contributed by atoms with van der Waals surface area (Å²) in [7, 11) is -3.57. The quantitative estimate of drug-likeness (QED) is 0.864. The summed E-state index contributed by atoms with van der Waals surface area (Å²) in [5.41, 5.74) is 3.57. The molecule has 0 aliphatic heterocycles. The first-order valence-electron chi connectivity index (χ1n) is 8.07. The predicted molar refractivity (Wildman–Crippen MR) is 97.1 cm³/mol. The monoisotopic (exact) mass is 343 g/mol. The van der Waals surface area contributed by atoms with Gasteiger partial charge in [0.25, 0.3) is 10.0 Å². The minimum Gasteiger partial charge on any atom is -0.377 e. The van der Waals surface area contributed by atoms with Crippen LogP contribution < -0.4 is 4.72 Å². The number of rotatable bonds is 6. The van der Waals surface area contributed by atoms with E-state index in [2.05, 4.69) is 4.72 Å². The Hall–Kier alpha value is -2.11. The summed E-state index contributed by atoms with van der Waals surface area (Å²) in [5, 5.41) is 0. The second-order valence-electron chi connectivity index (χ2n) is 5.71. The zero-order chi connectivity index (χ0) is 17.0. The molecule has 2 aromatic carbocycles. The Labute approximate surface area is 143 Å².